The predicted molar refractivity (Wildman–Crippen MR) is 61.8 cm³/mol. The van der Waals surface area contributed by atoms with Crippen LogP contribution >= 0.6 is 0 Å². The lowest BCUT2D eigenvalue weighted by Crippen LogP contribution is -2.01. The van der Waals surface area contributed by atoms with Crippen molar-refractivity contribution < 1.29 is 0 Å². The molecule has 0 unspecified atom stereocenters. The Labute approximate surface area is 83.7 Å². The molecule has 0 radical (unpaired) electrons. The van der Waals surface area contributed by atoms with E-state index in [-0.39, 0.29) is 0 Å². The quantitative estimate of drug-likeness (QED) is 0.558. The van der Waals surface area contributed by atoms with Gasteiger partial charge >= 0.3 is 0 Å². The smallest absolute Gasteiger partial charge is 0.0219 e. The summed E-state index contributed by atoms with van der Waals surface area (Å²) in [4.78, 5) is 0. The van der Waals surface area contributed by atoms with Crippen LogP contribution in [-0.4, -0.2) is 0 Å². The number of allylic oxidation sites excluding steroid dienone is 4. The van der Waals surface area contributed by atoms with Gasteiger partial charge < -0.3 is 0 Å². The first-order valence-corrected chi connectivity index (χ1v) is 5.25. The van der Waals surface area contributed by atoms with Gasteiger partial charge in [0, 0.05) is 0 Å². The van der Waals surface area contributed by atoms with Crippen molar-refractivity contribution in [2.45, 2.75) is 48.5 Å². The highest BCUT2D eigenvalue weighted by molar-refractivity contribution is 5.34. The second-order valence-corrected chi connectivity index (χ2v) is 4.36. The van der Waals surface area contributed by atoms with Gasteiger partial charge in [0.05, 0.1) is 0 Å². The van der Waals surface area contributed by atoms with Crippen LogP contribution in [0, 0.1) is 11.8 Å². The van der Waals surface area contributed by atoms with E-state index < -0.39 is 0 Å². The van der Waals surface area contributed by atoms with E-state index in [0.29, 0.717) is 11.8 Å². The Balaban J connectivity index is 4.95. The average molecular weight is 180 g/mol. The van der Waals surface area contributed by atoms with Crippen molar-refractivity contribution in [1.29, 1.82) is 0 Å². The number of hydrogen-bond acceptors (Lipinski definition) is 0. The van der Waals surface area contributed by atoms with Crippen molar-refractivity contribution in [1.82, 2.24) is 0 Å². The Kier molecular flexibility index (Phi) is 5.05. The zero-order valence-corrected chi connectivity index (χ0v) is 10.2. The molecule has 0 amide bonds. The molecule has 0 aliphatic heterocycles. The monoisotopic (exact) mass is 180 g/mol. The summed E-state index contributed by atoms with van der Waals surface area (Å²) in [7, 11) is 0. The molecular formula is C13H24. The van der Waals surface area contributed by atoms with Crippen LogP contribution in [0.2, 0.25) is 0 Å². The van der Waals surface area contributed by atoms with E-state index in [1.807, 2.05) is 0 Å². The zero-order chi connectivity index (χ0) is 10.6. The van der Waals surface area contributed by atoms with Crippen molar-refractivity contribution in [3.8, 4) is 0 Å². The summed E-state index contributed by atoms with van der Waals surface area (Å²) in [5.41, 5.74) is 4.49. The Morgan fingerprint density at radius 3 is 1.62 bits per heavy atom. The van der Waals surface area contributed by atoms with Crippen molar-refractivity contribution in [3.05, 3.63) is 22.8 Å². The van der Waals surface area contributed by atoms with Crippen LogP contribution in [0.3, 0.4) is 0 Å². The maximum atomic E-state index is 2.26. The molecule has 0 rings (SSSR count). The van der Waals surface area contributed by atoms with Gasteiger partial charge in [-0.3, -0.25) is 0 Å². The molecule has 0 N–H and O–H groups in total. The van der Waals surface area contributed by atoms with Crippen LogP contribution in [0.1, 0.15) is 48.5 Å². The van der Waals surface area contributed by atoms with Crippen molar-refractivity contribution in [2.24, 2.45) is 11.8 Å². The first-order valence-electron chi connectivity index (χ1n) is 5.25. The molecule has 0 nitrogen and oxygen atoms in total. The van der Waals surface area contributed by atoms with Crippen LogP contribution < -0.4 is 0 Å². The molecule has 0 aromatic carbocycles. The van der Waals surface area contributed by atoms with Gasteiger partial charge in [-0.15, -0.1) is 0 Å². The minimum atomic E-state index is 0.638. The van der Waals surface area contributed by atoms with Crippen LogP contribution in [0.15, 0.2) is 22.8 Å². The molecule has 0 fully saturated rings. The highest BCUT2D eigenvalue weighted by atomic mass is 14.1. The van der Waals surface area contributed by atoms with Gasteiger partial charge in [0.25, 0.3) is 0 Å². The summed E-state index contributed by atoms with van der Waals surface area (Å²) in [6.07, 6.45) is 2.24. The van der Waals surface area contributed by atoms with Gasteiger partial charge in [-0.1, -0.05) is 39.3 Å². The van der Waals surface area contributed by atoms with Gasteiger partial charge in [0.15, 0.2) is 0 Å². The predicted octanol–water partition coefficient (Wildman–Crippen LogP) is 4.58. The van der Waals surface area contributed by atoms with Gasteiger partial charge in [-0.25, -0.2) is 0 Å². The molecule has 0 saturated heterocycles. The molecule has 76 valence electrons. The van der Waals surface area contributed by atoms with Crippen LogP contribution in [0.4, 0.5) is 0 Å². The minimum Gasteiger partial charge on any atom is -0.0839 e. The molecule has 0 bridgehead atoms. The minimum absolute atomic E-state index is 0.638. The lowest BCUT2D eigenvalue weighted by atomic mass is 9.89. The molecule has 0 aliphatic carbocycles. The third-order valence-electron chi connectivity index (χ3n) is 2.82. The van der Waals surface area contributed by atoms with E-state index in [4.69, 9.17) is 0 Å². The van der Waals surface area contributed by atoms with Crippen LogP contribution in [0.5, 0.6) is 0 Å². The third kappa shape index (κ3) is 3.38. The molecule has 13 heavy (non-hydrogen) atoms. The molecular weight excluding hydrogens is 156 g/mol. The SMILES string of the molecule is CC=C(C(C)=C(C)C(C)C)C(C)C. The van der Waals surface area contributed by atoms with E-state index >= 15 is 0 Å². The Bertz CT molecular complexity index is 214. The van der Waals surface area contributed by atoms with Crippen molar-refractivity contribution in [2.75, 3.05) is 0 Å². The molecule has 0 spiro atoms. The highest BCUT2D eigenvalue weighted by Gasteiger charge is 2.08. The molecule has 0 aliphatic rings. The summed E-state index contributed by atoms with van der Waals surface area (Å²) in [5, 5.41) is 0. The van der Waals surface area contributed by atoms with E-state index in [0.717, 1.165) is 0 Å². The highest BCUT2D eigenvalue weighted by Crippen LogP contribution is 2.25. The molecule has 0 aromatic rings. The van der Waals surface area contributed by atoms with E-state index in [2.05, 4.69) is 54.5 Å². The maximum Gasteiger partial charge on any atom is -0.0219 e. The van der Waals surface area contributed by atoms with E-state index in [1.165, 1.54) is 16.7 Å². The maximum absolute atomic E-state index is 2.26. The summed E-state index contributed by atoms with van der Waals surface area (Å²) in [6, 6.07) is 0. The second-order valence-electron chi connectivity index (χ2n) is 4.36. The topological polar surface area (TPSA) is 0 Å². The summed E-state index contributed by atoms with van der Waals surface area (Å²) >= 11 is 0. The Morgan fingerprint density at radius 1 is 0.923 bits per heavy atom. The Morgan fingerprint density at radius 2 is 1.38 bits per heavy atom. The molecule has 0 heterocycles. The van der Waals surface area contributed by atoms with Gasteiger partial charge in [0.1, 0.15) is 0 Å². The third-order valence-corrected chi connectivity index (χ3v) is 2.82. The number of rotatable bonds is 3. The average Bonchev–Trinajstić information content (AvgIpc) is 2.03. The molecule has 0 saturated carbocycles. The largest absolute Gasteiger partial charge is 0.0839 e. The van der Waals surface area contributed by atoms with E-state index in [9.17, 15) is 0 Å². The zero-order valence-electron chi connectivity index (χ0n) is 10.2. The van der Waals surface area contributed by atoms with Gasteiger partial charge in [-0.2, -0.15) is 0 Å². The van der Waals surface area contributed by atoms with Gasteiger partial charge in [-0.05, 0) is 43.8 Å². The number of hydrogen-bond donors (Lipinski definition) is 0. The van der Waals surface area contributed by atoms with Crippen LogP contribution in [0.25, 0.3) is 0 Å². The van der Waals surface area contributed by atoms with Crippen LogP contribution in [-0.2, 0) is 0 Å². The fourth-order valence-electron chi connectivity index (χ4n) is 1.64. The second kappa shape index (κ2) is 5.26. The van der Waals surface area contributed by atoms with Gasteiger partial charge in [0.2, 0.25) is 0 Å². The normalized spacial score (nSPS) is 15.3. The summed E-state index contributed by atoms with van der Waals surface area (Å²) in [5.74, 6) is 1.30. The Hall–Kier alpha value is -0.520. The van der Waals surface area contributed by atoms with Crippen molar-refractivity contribution in [3.63, 3.8) is 0 Å². The van der Waals surface area contributed by atoms with E-state index in [1.54, 1.807) is 0 Å². The fraction of sp³-hybridized carbons (Fsp3) is 0.692. The lowest BCUT2D eigenvalue weighted by molar-refractivity contribution is 0.729. The first-order chi connectivity index (χ1) is 5.91. The molecule has 0 aromatic heterocycles. The molecule has 0 atom stereocenters. The lowest BCUT2D eigenvalue weighted by Gasteiger charge is -2.17. The summed E-state index contributed by atoms with van der Waals surface area (Å²) in [6.45, 7) is 15.6. The fourth-order valence-corrected chi connectivity index (χ4v) is 1.64. The first kappa shape index (κ1) is 12.5. The van der Waals surface area contributed by atoms with Crippen molar-refractivity contribution >= 4 is 0 Å². The standard InChI is InChI=1S/C13H24/c1-8-13(10(4)5)12(7)11(6)9(2)3/h8-10H,1-7H3. The molecule has 0 heteroatoms. The summed E-state index contributed by atoms with van der Waals surface area (Å²) < 4.78 is 0.